The van der Waals surface area contributed by atoms with Crippen LogP contribution in [0.2, 0.25) is 0 Å². The van der Waals surface area contributed by atoms with Gasteiger partial charge in [0.15, 0.2) is 0 Å². The van der Waals surface area contributed by atoms with Crippen molar-refractivity contribution in [1.82, 2.24) is 0 Å². The molecule has 120 valence electrons. The normalized spacial score (nSPS) is 10.4. The maximum Gasteiger partial charge on any atom is 0.249 e. The molecule has 24 heavy (non-hydrogen) atoms. The van der Waals surface area contributed by atoms with Gasteiger partial charge in [-0.25, -0.2) is 8.78 Å². The molecule has 0 aromatic heterocycles. The van der Waals surface area contributed by atoms with E-state index in [-0.39, 0.29) is 5.69 Å². The minimum atomic E-state index is -0.672. The summed E-state index contributed by atoms with van der Waals surface area (Å²) in [6.45, 7) is 0. The van der Waals surface area contributed by atoms with Crippen molar-refractivity contribution < 1.29 is 13.6 Å². The Kier molecular flexibility index (Phi) is 4.24. The Morgan fingerprint density at radius 1 is 0.833 bits per heavy atom. The number of carbonyl (C=O) groups excluding carboxylic acids is 1. The van der Waals surface area contributed by atoms with E-state index in [0.717, 1.165) is 11.6 Å². The molecule has 0 atom stereocenters. The zero-order chi connectivity index (χ0) is 17.1. The highest BCUT2D eigenvalue weighted by atomic mass is 19.1. The number of anilines is 2. The first-order valence-corrected chi connectivity index (χ1v) is 7.25. The highest BCUT2D eigenvalue weighted by Crippen LogP contribution is 2.28. The molecule has 0 radical (unpaired) electrons. The summed E-state index contributed by atoms with van der Waals surface area (Å²) < 4.78 is 26.6. The fraction of sp³-hybridized carbons (Fsp3) is 0. The summed E-state index contributed by atoms with van der Waals surface area (Å²) >= 11 is 0. The number of amides is 1. The van der Waals surface area contributed by atoms with Crippen LogP contribution in [0.25, 0.3) is 11.1 Å². The predicted molar refractivity (Wildman–Crippen MR) is 90.0 cm³/mol. The smallest absolute Gasteiger partial charge is 0.249 e. The summed E-state index contributed by atoms with van der Waals surface area (Å²) in [5.74, 6) is -1.89. The lowest BCUT2D eigenvalue weighted by atomic mass is 9.98. The highest BCUT2D eigenvalue weighted by molar-refractivity contribution is 6.00. The quantitative estimate of drug-likeness (QED) is 0.744. The Hall–Kier alpha value is -3.21. The molecule has 1 amide bonds. The van der Waals surface area contributed by atoms with Gasteiger partial charge in [0.2, 0.25) is 5.91 Å². The molecule has 0 aliphatic heterocycles. The molecule has 3 nitrogen and oxygen atoms in total. The molecule has 0 fully saturated rings. The fourth-order valence-electron chi connectivity index (χ4n) is 2.49. The third kappa shape index (κ3) is 3.41. The van der Waals surface area contributed by atoms with Gasteiger partial charge in [-0.3, -0.25) is 4.79 Å². The minimum absolute atomic E-state index is 0.276. The number of primary amides is 1. The van der Waals surface area contributed by atoms with Crippen molar-refractivity contribution in [2.24, 2.45) is 5.73 Å². The van der Waals surface area contributed by atoms with E-state index in [2.05, 4.69) is 5.32 Å². The number of hydrogen-bond acceptors (Lipinski definition) is 2. The topological polar surface area (TPSA) is 55.1 Å². The molecule has 0 aliphatic carbocycles. The Morgan fingerprint density at radius 2 is 1.50 bits per heavy atom. The van der Waals surface area contributed by atoms with Crippen LogP contribution in [0.15, 0.2) is 66.7 Å². The van der Waals surface area contributed by atoms with Gasteiger partial charge in [0.1, 0.15) is 11.6 Å². The number of carbonyl (C=O) groups is 1. The molecule has 3 aromatic rings. The van der Waals surface area contributed by atoms with Crippen LogP contribution in [-0.4, -0.2) is 5.91 Å². The van der Waals surface area contributed by atoms with Crippen LogP contribution in [0.4, 0.5) is 20.2 Å². The van der Waals surface area contributed by atoms with Crippen LogP contribution < -0.4 is 11.1 Å². The monoisotopic (exact) mass is 324 g/mol. The Labute approximate surface area is 137 Å². The summed E-state index contributed by atoms with van der Waals surface area (Å²) in [4.78, 5) is 11.7. The van der Waals surface area contributed by atoms with Crippen LogP contribution in [-0.2, 0) is 0 Å². The van der Waals surface area contributed by atoms with E-state index < -0.39 is 17.5 Å². The van der Waals surface area contributed by atoms with Crippen molar-refractivity contribution in [2.45, 2.75) is 0 Å². The molecule has 0 saturated carbocycles. The van der Waals surface area contributed by atoms with Crippen molar-refractivity contribution in [3.8, 4) is 11.1 Å². The maximum absolute atomic E-state index is 13.3. The van der Waals surface area contributed by atoms with Crippen LogP contribution in [0, 0.1) is 11.6 Å². The number of benzene rings is 3. The average molecular weight is 324 g/mol. The summed E-state index contributed by atoms with van der Waals surface area (Å²) in [7, 11) is 0. The molecule has 0 bridgehead atoms. The second-order valence-corrected chi connectivity index (χ2v) is 5.27. The number of rotatable bonds is 4. The molecule has 5 heteroatoms. The number of nitrogens with one attached hydrogen (secondary N) is 1. The fourth-order valence-corrected chi connectivity index (χ4v) is 2.49. The summed E-state index contributed by atoms with van der Waals surface area (Å²) in [5.41, 5.74) is 8.13. The van der Waals surface area contributed by atoms with Gasteiger partial charge in [-0.15, -0.1) is 0 Å². The van der Waals surface area contributed by atoms with Gasteiger partial charge in [-0.05, 0) is 41.5 Å². The van der Waals surface area contributed by atoms with E-state index in [1.807, 2.05) is 30.3 Å². The zero-order valence-electron chi connectivity index (χ0n) is 12.6. The van der Waals surface area contributed by atoms with Crippen molar-refractivity contribution in [3.05, 3.63) is 83.9 Å². The van der Waals surface area contributed by atoms with Gasteiger partial charge in [-0.2, -0.15) is 0 Å². The van der Waals surface area contributed by atoms with E-state index >= 15 is 0 Å². The third-order valence-corrected chi connectivity index (χ3v) is 3.52. The standard InChI is InChI=1S/C19H14F2N2O/c20-13-8-14(21)10-16(9-13)23-15-6-7-17(19(22)24)18(11-15)12-4-2-1-3-5-12/h1-11,23H,(H2,22,24). The van der Waals surface area contributed by atoms with E-state index in [9.17, 15) is 13.6 Å². The van der Waals surface area contributed by atoms with Crippen molar-refractivity contribution in [2.75, 3.05) is 5.32 Å². The molecule has 0 heterocycles. The molecule has 0 saturated heterocycles. The number of hydrogen-bond donors (Lipinski definition) is 2. The summed E-state index contributed by atoms with van der Waals surface area (Å²) in [6.07, 6.45) is 0. The van der Waals surface area contributed by atoms with Gasteiger partial charge in [0.25, 0.3) is 0 Å². The average Bonchev–Trinajstić information content (AvgIpc) is 2.54. The first kappa shape index (κ1) is 15.7. The van der Waals surface area contributed by atoms with Crippen LogP contribution in [0.1, 0.15) is 10.4 Å². The molecule has 0 spiro atoms. The molecular weight excluding hydrogens is 310 g/mol. The van der Waals surface area contributed by atoms with Gasteiger partial charge in [-0.1, -0.05) is 30.3 Å². The van der Waals surface area contributed by atoms with E-state index in [1.165, 1.54) is 12.1 Å². The number of halogens is 2. The lowest BCUT2D eigenvalue weighted by Crippen LogP contribution is -2.12. The Morgan fingerprint density at radius 3 is 2.12 bits per heavy atom. The molecule has 3 aromatic carbocycles. The molecule has 3 N–H and O–H groups in total. The van der Waals surface area contributed by atoms with Gasteiger partial charge < -0.3 is 11.1 Å². The second kappa shape index (κ2) is 6.50. The van der Waals surface area contributed by atoms with Crippen LogP contribution in [0.5, 0.6) is 0 Å². The Bertz CT molecular complexity index is 875. The van der Waals surface area contributed by atoms with E-state index in [0.29, 0.717) is 16.8 Å². The lowest BCUT2D eigenvalue weighted by molar-refractivity contribution is 0.100. The largest absolute Gasteiger partial charge is 0.366 e. The second-order valence-electron chi connectivity index (χ2n) is 5.27. The van der Waals surface area contributed by atoms with Gasteiger partial charge >= 0.3 is 0 Å². The van der Waals surface area contributed by atoms with Gasteiger partial charge in [0.05, 0.1) is 0 Å². The SMILES string of the molecule is NC(=O)c1ccc(Nc2cc(F)cc(F)c2)cc1-c1ccccc1. The lowest BCUT2D eigenvalue weighted by Gasteiger charge is -2.12. The zero-order valence-corrected chi connectivity index (χ0v) is 12.6. The number of nitrogens with two attached hydrogens (primary N) is 1. The summed E-state index contributed by atoms with van der Waals surface area (Å²) in [6, 6.07) is 17.4. The van der Waals surface area contributed by atoms with Crippen LogP contribution >= 0.6 is 0 Å². The van der Waals surface area contributed by atoms with Crippen LogP contribution in [0.3, 0.4) is 0 Å². The maximum atomic E-state index is 13.3. The first-order chi connectivity index (χ1) is 11.5. The van der Waals surface area contributed by atoms with E-state index in [1.54, 1.807) is 18.2 Å². The molecule has 0 unspecified atom stereocenters. The van der Waals surface area contributed by atoms with Gasteiger partial charge in [0, 0.05) is 23.0 Å². The molecule has 3 rings (SSSR count). The molecular formula is C19H14F2N2O. The minimum Gasteiger partial charge on any atom is -0.366 e. The summed E-state index contributed by atoms with van der Waals surface area (Å²) in [5, 5.41) is 2.93. The molecule has 0 aliphatic rings. The third-order valence-electron chi connectivity index (χ3n) is 3.52. The Balaban J connectivity index is 2.02. The van der Waals surface area contributed by atoms with E-state index in [4.69, 9.17) is 5.73 Å². The van der Waals surface area contributed by atoms with Crippen molar-refractivity contribution in [1.29, 1.82) is 0 Å². The highest BCUT2D eigenvalue weighted by Gasteiger charge is 2.11. The van der Waals surface area contributed by atoms with Crippen molar-refractivity contribution in [3.63, 3.8) is 0 Å². The van der Waals surface area contributed by atoms with Crippen molar-refractivity contribution >= 4 is 17.3 Å². The predicted octanol–water partition coefficient (Wildman–Crippen LogP) is 4.47. The first-order valence-electron chi connectivity index (χ1n) is 7.25.